The van der Waals surface area contributed by atoms with E-state index in [2.05, 4.69) is 12.1 Å². The van der Waals surface area contributed by atoms with Crippen LogP contribution in [0.1, 0.15) is 27.2 Å². The summed E-state index contributed by atoms with van der Waals surface area (Å²) in [6, 6.07) is 10.1. The fraction of sp³-hybridized carbons (Fsp3) is 0.462. The van der Waals surface area contributed by atoms with Gasteiger partial charge in [-0.2, -0.15) is 0 Å². The summed E-state index contributed by atoms with van der Waals surface area (Å²) in [5, 5.41) is 1.45. The van der Waals surface area contributed by atoms with E-state index >= 15 is 0 Å². The largest absolute Gasteiger partial charge is 0.301 e. The van der Waals surface area contributed by atoms with Crippen LogP contribution < -0.4 is 5.84 Å². The van der Waals surface area contributed by atoms with Crippen molar-refractivity contribution in [2.45, 2.75) is 32.2 Å². The second kappa shape index (κ2) is 5.77. The third-order valence-electron chi connectivity index (χ3n) is 2.68. The van der Waals surface area contributed by atoms with Crippen LogP contribution in [0, 0.1) is 0 Å². The molecule has 88 valence electrons. The van der Waals surface area contributed by atoms with Crippen LogP contribution in [-0.4, -0.2) is 23.4 Å². The Hall–Kier alpha value is -1.19. The summed E-state index contributed by atoms with van der Waals surface area (Å²) in [6.07, 6.45) is 1.15. The van der Waals surface area contributed by atoms with E-state index in [1.807, 2.05) is 18.2 Å². The predicted octanol–water partition coefficient (Wildman–Crippen LogP) is 1.77. The van der Waals surface area contributed by atoms with Crippen LogP contribution in [0.4, 0.5) is 0 Å². The third-order valence-corrected chi connectivity index (χ3v) is 2.68. The fourth-order valence-corrected chi connectivity index (χ4v) is 1.44. The zero-order valence-electron chi connectivity index (χ0n) is 10.9. The molecule has 0 atom stereocenters. The highest BCUT2D eigenvalue weighted by atomic mass is 16.1. The van der Waals surface area contributed by atoms with Crippen LogP contribution in [0.2, 0.25) is 0 Å². The summed E-state index contributed by atoms with van der Waals surface area (Å²) in [7, 11) is 0. The Kier molecular flexibility index (Phi) is 4.08. The molecule has 0 radical (unpaired) electrons. The number of hydrazine groups is 1. The molecular weight excluding hydrogens is 200 g/mol. The maximum Gasteiger partial charge on any atom is 0.141 e. The van der Waals surface area contributed by atoms with Crippen molar-refractivity contribution in [2.24, 2.45) is 5.84 Å². The zero-order valence-corrected chi connectivity index (χ0v) is 9.94. The Morgan fingerprint density at radius 2 is 2.06 bits per heavy atom. The number of carbonyl (C=O) groups excluding carboxylic acids is 1. The SMILES string of the molecule is [2H]C(=O)C(C)(C)N(N)CCCc1ccccc1. The molecule has 3 nitrogen and oxygen atoms in total. The van der Waals surface area contributed by atoms with Crippen LogP contribution in [-0.2, 0) is 11.2 Å². The summed E-state index contributed by atoms with van der Waals surface area (Å²) in [4.78, 5) is 11.1. The van der Waals surface area contributed by atoms with Gasteiger partial charge in [0.05, 0.1) is 5.54 Å². The second-order valence-corrected chi connectivity index (χ2v) is 4.44. The molecule has 0 amide bonds. The highest BCUT2D eigenvalue weighted by Gasteiger charge is 2.22. The van der Waals surface area contributed by atoms with Gasteiger partial charge in [0.1, 0.15) is 7.63 Å². The number of aldehydes is 1. The fourth-order valence-electron chi connectivity index (χ4n) is 1.44. The van der Waals surface area contributed by atoms with E-state index in [1.54, 1.807) is 13.8 Å². The number of nitrogens with zero attached hydrogens (tertiary/aromatic N) is 1. The summed E-state index contributed by atoms with van der Waals surface area (Å²) in [5.74, 6) is 5.81. The monoisotopic (exact) mass is 221 g/mol. The van der Waals surface area contributed by atoms with E-state index in [0.29, 0.717) is 6.54 Å². The molecule has 2 N–H and O–H groups in total. The lowest BCUT2D eigenvalue weighted by Gasteiger charge is -2.29. The van der Waals surface area contributed by atoms with Gasteiger partial charge in [0, 0.05) is 6.54 Å². The van der Waals surface area contributed by atoms with Crippen molar-refractivity contribution in [1.29, 1.82) is 0 Å². The molecule has 0 aromatic heterocycles. The number of hydrogen-bond donors (Lipinski definition) is 1. The highest BCUT2D eigenvalue weighted by Crippen LogP contribution is 2.08. The van der Waals surface area contributed by atoms with Crippen molar-refractivity contribution in [2.75, 3.05) is 6.54 Å². The van der Waals surface area contributed by atoms with Crippen LogP contribution in [0.3, 0.4) is 0 Å². The Morgan fingerprint density at radius 3 is 2.62 bits per heavy atom. The van der Waals surface area contributed by atoms with Crippen molar-refractivity contribution in [1.82, 2.24) is 5.01 Å². The average Bonchev–Trinajstić information content (AvgIpc) is 2.30. The molecule has 1 aromatic carbocycles. The van der Waals surface area contributed by atoms with Gasteiger partial charge in [-0.25, -0.2) is 5.01 Å². The number of nitrogens with two attached hydrogens (primary N) is 1. The standard InChI is InChI=1S/C13H20N2O/c1-13(2,11-16)15(14)10-6-9-12-7-4-3-5-8-12/h3-5,7-8,11H,6,9-10,14H2,1-2H3/i11D. The van der Waals surface area contributed by atoms with E-state index in [9.17, 15) is 4.79 Å². The van der Waals surface area contributed by atoms with E-state index in [0.717, 1.165) is 12.8 Å². The Labute approximate surface area is 98.6 Å². The smallest absolute Gasteiger partial charge is 0.141 e. The lowest BCUT2D eigenvalue weighted by Crippen LogP contribution is -2.50. The zero-order chi connectivity index (χ0) is 12.9. The van der Waals surface area contributed by atoms with E-state index in [1.165, 1.54) is 10.6 Å². The summed E-state index contributed by atoms with van der Waals surface area (Å²) < 4.78 is 7.15. The molecule has 0 aliphatic heterocycles. The van der Waals surface area contributed by atoms with Crippen LogP contribution in [0.15, 0.2) is 30.3 Å². The molecule has 0 saturated heterocycles. The Morgan fingerprint density at radius 1 is 1.44 bits per heavy atom. The van der Waals surface area contributed by atoms with Gasteiger partial charge in [0.25, 0.3) is 0 Å². The molecule has 0 spiro atoms. The number of rotatable bonds is 6. The molecule has 3 heteroatoms. The summed E-state index contributed by atoms with van der Waals surface area (Å²) >= 11 is 0. The first-order valence-electron chi connectivity index (χ1n) is 6.02. The first-order valence-corrected chi connectivity index (χ1v) is 5.52. The van der Waals surface area contributed by atoms with Gasteiger partial charge in [-0.05, 0) is 32.3 Å². The number of hydrogen-bond acceptors (Lipinski definition) is 3. The first-order chi connectivity index (χ1) is 7.94. The minimum Gasteiger partial charge on any atom is -0.301 e. The third kappa shape index (κ3) is 3.76. The molecule has 0 saturated carbocycles. The number of benzene rings is 1. The van der Waals surface area contributed by atoms with Gasteiger partial charge >= 0.3 is 0 Å². The minimum atomic E-state index is -0.906. The number of carbonyl (C=O) groups is 1. The predicted molar refractivity (Wildman–Crippen MR) is 65.8 cm³/mol. The van der Waals surface area contributed by atoms with Crippen molar-refractivity contribution < 1.29 is 6.17 Å². The van der Waals surface area contributed by atoms with Crippen molar-refractivity contribution in [3.05, 3.63) is 35.9 Å². The Balaban J connectivity index is 2.39. The normalized spacial score (nSPS) is 12.6. The van der Waals surface area contributed by atoms with Gasteiger partial charge in [0.2, 0.25) is 0 Å². The minimum absolute atomic E-state index is 0.604. The van der Waals surface area contributed by atoms with Gasteiger partial charge in [0.15, 0.2) is 0 Å². The first kappa shape index (κ1) is 11.3. The lowest BCUT2D eigenvalue weighted by molar-refractivity contribution is -0.117. The molecule has 0 bridgehead atoms. The van der Waals surface area contributed by atoms with Gasteiger partial charge < -0.3 is 4.79 Å². The lowest BCUT2D eigenvalue weighted by atomic mass is 10.1. The average molecular weight is 221 g/mol. The molecule has 1 aromatic rings. The molecule has 16 heavy (non-hydrogen) atoms. The maximum atomic E-state index is 11.1. The maximum absolute atomic E-state index is 11.1. The number of aryl methyl sites for hydroxylation is 1. The van der Waals surface area contributed by atoms with Crippen molar-refractivity contribution in [3.63, 3.8) is 0 Å². The van der Waals surface area contributed by atoms with Gasteiger partial charge in [-0.3, -0.25) is 5.84 Å². The van der Waals surface area contributed by atoms with Gasteiger partial charge in [-0.1, -0.05) is 30.3 Å². The van der Waals surface area contributed by atoms with E-state index in [-0.39, 0.29) is 0 Å². The topological polar surface area (TPSA) is 46.3 Å². The quantitative estimate of drug-likeness (QED) is 0.452. The van der Waals surface area contributed by atoms with Crippen LogP contribution >= 0.6 is 0 Å². The van der Waals surface area contributed by atoms with Gasteiger partial charge in [-0.15, -0.1) is 0 Å². The second-order valence-electron chi connectivity index (χ2n) is 4.44. The molecule has 0 unspecified atom stereocenters. The van der Waals surface area contributed by atoms with E-state index in [4.69, 9.17) is 7.21 Å². The molecule has 0 fully saturated rings. The van der Waals surface area contributed by atoms with E-state index < -0.39 is 11.8 Å². The molecule has 0 aliphatic carbocycles. The molecule has 1 rings (SSSR count). The molecule has 0 aliphatic rings. The summed E-state index contributed by atoms with van der Waals surface area (Å²) in [6.45, 7) is 3.95. The van der Waals surface area contributed by atoms with Crippen molar-refractivity contribution in [3.8, 4) is 0 Å². The Bertz CT molecular complexity index is 365. The molecular formula is C13H20N2O. The van der Waals surface area contributed by atoms with Crippen molar-refractivity contribution >= 4 is 6.26 Å². The van der Waals surface area contributed by atoms with Crippen LogP contribution in [0.5, 0.6) is 0 Å². The van der Waals surface area contributed by atoms with Crippen LogP contribution in [0.25, 0.3) is 0 Å². The summed E-state index contributed by atoms with van der Waals surface area (Å²) in [5.41, 5.74) is 0.354. The molecule has 0 heterocycles. The highest BCUT2D eigenvalue weighted by molar-refractivity contribution is 5.62.